The lowest BCUT2D eigenvalue weighted by Crippen LogP contribution is -2.23. The molecule has 1 aliphatic heterocycles. The van der Waals surface area contributed by atoms with Gasteiger partial charge in [0, 0.05) is 24.4 Å². The highest BCUT2D eigenvalue weighted by molar-refractivity contribution is 7.09. The van der Waals surface area contributed by atoms with Gasteiger partial charge in [0.1, 0.15) is 11.1 Å². The Kier molecular flexibility index (Phi) is 3.72. The number of hydrogen-bond donors (Lipinski definition) is 1. The minimum atomic E-state index is 0.272. The Morgan fingerprint density at radius 3 is 3.27 bits per heavy atom. The van der Waals surface area contributed by atoms with E-state index >= 15 is 0 Å². The van der Waals surface area contributed by atoms with Crippen LogP contribution in [0.15, 0.2) is 5.38 Å². The molecule has 4 heteroatoms. The van der Waals surface area contributed by atoms with Crippen LogP contribution in [0.1, 0.15) is 36.6 Å². The second kappa shape index (κ2) is 5.05. The van der Waals surface area contributed by atoms with Crippen molar-refractivity contribution in [2.45, 2.75) is 38.3 Å². The van der Waals surface area contributed by atoms with Gasteiger partial charge in [-0.15, -0.1) is 11.3 Å². The number of likely N-dealkylation sites (N-methyl/N-ethyl adjacent to an activating group) is 1. The summed E-state index contributed by atoms with van der Waals surface area (Å²) in [5, 5.41) is 6.54. The predicted molar refractivity (Wildman–Crippen MR) is 62.3 cm³/mol. The van der Waals surface area contributed by atoms with Crippen molar-refractivity contribution in [2.75, 3.05) is 13.7 Å². The summed E-state index contributed by atoms with van der Waals surface area (Å²) in [5.41, 5.74) is 1.19. The van der Waals surface area contributed by atoms with E-state index in [1.165, 1.54) is 12.1 Å². The molecule has 84 valence electrons. The number of thiazole rings is 1. The lowest BCUT2D eigenvalue weighted by atomic mass is 10.2. The van der Waals surface area contributed by atoms with Crippen LogP contribution in [-0.2, 0) is 11.2 Å². The second-order valence-electron chi connectivity index (χ2n) is 4.07. The fraction of sp³-hybridized carbons (Fsp3) is 0.727. The first-order valence-electron chi connectivity index (χ1n) is 5.52. The average molecular weight is 226 g/mol. The molecule has 0 spiro atoms. The van der Waals surface area contributed by atoms with Crippen molar-refractivity contribution < 1.29 is 4.74 Å². The van der Waals surface area contributed by atoms with Crippen molar-refractivity contribution in [1.82, 2.24) is 10.3 Å². The first-order chi connectivity index (χ1) is 7.29. The van der Waals surface area contributed by atoms with Crippen molar-refractivity contribution in [1.29, 1.82) is 0 Å². The van der Waals surface area contributed by atoms with E-state index in [9.17, 15) is 0 Å². The molecule has 2 unspecified atom stereocenters. The van der Waals surface area contributed by atoms with Crippen LogP contribution < -0.4 is 5.32 Å². The summed E-state index contributed by atoms with van der Waals surface area (Å²) >= 11 is 1.74. The Morgan fingerprint density at radius 2 is 2.60 bits per heavy atom. The Bertz CT molecular complexity index is 307. The normalized spacial score (nSPS) is 23.2. The highest BCUT2D eigenvalue weighted by Crippen LogP contribution is 2.30. The topological polar surface area (TPSA) is 34.1 Å². The van der Waals surface area contributed by atoms with Crippen LogP contribution in [0.5, 0.6) is 0 Å². The zero-order chi connectivity index (χ0) is 10.7. The van der Waals surface area contributed by atoms with Crippen molar-refractivity contribution in [3.8, 4) is 0 Å². The molecule has 0 aliphatic carbocycles. The SMILES string of the molecule is CNC(C)Cc1csc(C2CCCO2)n1. The minimum absolute atomic E-state index is 0.272. The maximum atomic E-state index is 5.62. The van der Waals surface area contributed by atoms with Crippen LogP contribution in [0.3, 0.4) is 0 Å². The molecule has 0 bridgehead atoms. The van der Waals surface area contributed by atoms with Gasteiger partial charge in [0.05, 0.1) is 5.69 Å². The van der Waals surface area contributed by atoms with Crippen molar-refractivity contribution >= 4 is 11.3 Å². The van der Waals surface area contributed by atoms with Gasteiger partial charge in [0.15, 0.2) is 0 Å². The third-order valence-electron chi connectivity index (χ3n) is 2.78. The molecule has 0 aromatic carbocycles. The van der Waals surface area contributed by atoms with Gasteiger partial charge in [-0.25, -0.2) is 4.98 Å². The fourth-order valence-corrected chi connectivity index (χ4v) is 2.67. The summed E-state index contributed by atoms with van der Waals surface area (Å²) in [6.07, 6.45) is 3.58. The van der Waals surface area contributed by atoms with E-state index in [1.807, 2.05) is 7.05 Å². The Labute approximate surface area is 94.9 Å². The molecule has 1 aromatic rings. The number of rotatable bonds is 4. The van der Waals surface area contributed by atoms with Crippen LogP contribution >= 0.6 is 11.3 Å². The van der Waals surface area contributed by atoms with E-state index in [4.69, 9.17) is 4.74 Å². The zero-order valence-electron chi connectivity index (χ0n) is 9.32. The summed E-state index contributed by atoms with van der Waals surface area (Å²) in [7, 11) is 1.98. The lowest BCUT2D eigenvalue weighted by Gasteiger charge is -2.07. The molecule has 2 rings (SSSR count). The first kappa shape index (κ1) is 11.0. The summed E-state index contributed by atoms with van der Waals surface area (Å²) in [5.74, 6) is 0. The third-order valence-corrected chi connectivity index (χ3v) is 3.77. The highest BCUT2D eigenvalue weighted by atomic mass is 32.1. The van der Waals surface area contributed by atoms with Gasteiger partial charge in [-0.2, -0.15) is 0 Å². The van der Waals surface area contributed by atoms with E-state index in [2.05, 4.69) is 22.6 Å². The number of hydrogen-bond acceptors (Lipinski definition) is 4. The number of nitrogens with one attached hydrogen (secondary N) is 1. The maximum Gasteiger partial charge on any atom is 0.122 e. The van der Waals surface area contributed by atoms with E-state index < -0.39 is 0 Å². The molecule has 0 radical (unpaired) electrons. The van der Waals surface area contributed by atoms with E-state index in [0.717, 1.165) is 24.5 Å². The highest BCUT2D eigenvalue weighted by Gasteiger charge is 2.20. The minimum Gasteiger partial charge on any atom is -0.371 e. The number of nitrogens with zero attached hydrogens (tertiary/aromatic N) is 1. The first-order valence-corrected chi connectivity index (χ1v) is 6.40. The molecule has 0 amide bonds. The summed E-state index contributed by atoms with van der Waals surface area (Å²) < 4.78 is 5.62. The third kappa shape index (κ3) is 2.77. The Morgan fingerprint density at radius 1 is 1.73 bits per heavy atom. The molecule has 0 saturated carbocycles. The largest absolute Gasteiger partial charge is 0.371 e. The van der Waals surface area contributed by atoms with Gasteiger partial charge in [-0.3, -0.25) is 0 Å². The average Bonchev–Trinajstić information content (AvgIpc) is 2.85. The molecule has 1 aliphatic rings. The maximum absolute atomic E-state index is 5.62. The van der Waals surface area contributed by atoms with Crippen molar-refractivity contribution in [2.24, 2.45) is 0 Å². The van der Waals surface area contributed by atoms with Crippen molar-refractivity contribution in [3.63, 3.8) is 0 Å². The predicted octanol–water partition coefficient (Wildman–Crippen LogP) is 2.15. The van der Waals surface area contributed by atoms with Crippen LogP contribution in [0.2, 0.25) is 0 Å². The quantitative estimate of drug-likeness (QED) is 0.854. The van der Waals surface area contributed by atoms with Gasteiger partial charge in [-0.05, 0) is 26.8 Å². The molecule has 2 heterocycles. The van der Waals surface area contributed by atoms with Crippen LogP contribution in [0.4, 0.5) is 0 Å². The Balaban J connectivity index is 1.97. The summed E-state index contributed by atoms with van der Waals surface area (Å²) in [4.78, 5) is 4.63. The van der Waals surface area contributed by atoms with Gasteiger partial charge in [0.25, 0.3) is 0 Å². The molecule has 2 atom stereocenters. The lowest BCUT2D eigenvalue weighted by molar-refractivity contribution is 0.111. The van der Waals surface area contributed by atoms with Crippen molar-refractivity contribution in [3.05, 3.63) is 16.1 Å². The van der Waals surface area contributed by atoms with Gasteiger partial charge >= 0.3 is 0 Å². The number of aromatic nitrogens is 1. The molecular formula is C11H18N2OS. The number of ether oxygens (including phenoxy) is 1. The standard InChI is InChI=1S/C11H18N2OS/c1-8(12-2)6-9-7-15-11(13-9)10-4-3-5-14-10/h7-8,10,12H,3-6H2,1-2H3. The molecule has 1 fully saturated rings. The second-order valence-corrected chi connectivity index (χ2v) is 4.96. The molecule has 3 nitrogen and oxygen atoms in total. The molecule has 1 aromatic heterocycles. The molecule has 1 N–H and O–H groups in total. The zero-order valence-corrected chi connectivity index (χ0v) is 10.1. The fourth-order valence-electron chi connectivity index (χ4n) is 1.75. The Hall–Kier alpha value is -0.450. The smallest absolute Gasteiger partial charge is 0.122 e. The summed E-state index contributed by atoms with van der Waals surface area (Å²) in [6.45, 7) is 3.07. The van der Waals surface area contributed by atoms with Gasteiger partial charge in [-0.1, -0.05) is 0 Å². The van der Waals surface area contributed by atoms with Crippen LogP contribution in [0.25, 0.3) is 0 Å². The molecule has 1 saturated heterocycles. The summed E-state index contributed by atoms with van der Waals surface area (Å²) in [6, 6.07) is 0.490. The van der Waals surface area contributed by atoms with Crippen LogP contribution in [0, 0.1) is 0 Å². The molecular weight excluding hydrogens is 208 g/mol. The van der Waals surface area contributed by atoms with Gasteiger partial charge < -0.3 is 10.1 Å². The molecule has 15 heavy (non-hydrogen) atoms. The van der Waals surface area contributed by atoms with E-state index in [1.54, 1.807) is 11.3 Å². The van der Waals surface area contributed by atoms with E-state index in [0.29, 0.717) is 6.04 Å². The monoisotopic (exact) mass is 226 g/mol. The van der Waals surface area contributed by atoms with Crippen LogP contribution in [-0.4, -0.2) is 24.7 Å². The van der Waals surface area contributed by atoms with Gasteiger partial charge in [0.2, 0.25) is 0 Å². The van der Waals surface area contributed by atoms with E-state index in [-0.39, 0.29) is 6.10 Å².